The Kier molecular flexibility index (Phi) is 36.3. The molecule has 14 heavy (non-hydrogen) atoms. The van der Waals surface area contributed by atoms with Crippen LogP contribution in [0.3, 0.4) is 0 Å². The molecule has 0 radical (unpaired) electrons. The quantitative estimate of drug-likeness (QED) is 0.327. The van der Waals surface area contributed by atoms with Crippen LogP contribution >= 0.6 is 19.6 Å². The third-order valence-corrected chi connectivity index (χ3v) is 2.23. The third kappa shape index (κ3) is 36.0. The monoisotopic (exact) mass is 314 g/mol. The van der Waals surface area contributed by atoms with E-state index in [-0.39, 0.29) is 154 Å². The Morgan fingerprint density at radius 1 is 0.857 bits per heavy atom. The molecule has 0 saturated carbocycles. The molecule has 0 atom stereocenters. The molecule has 0 aliphatic carbocycles. The zero-order valence-corrected chi connectivity index (χ0v) is 20.1. The predicted molar refractivity (Wildman–Crippen MR) is 38.8 cm³/mol. The van der Waals surface area contributed by atoms with Crippen molar-refractivity contribution in [1.29, 1.82) is 0 Å². The Balaban J connectivity index is -0.0000000597. The molecule has 1 rings (SSSR count). The fourth-order valence-electron chi connectivity index (χ4n) is 0.687. The zero-order chi connectivity index (χ0) is 8.74. The average molecular weight is 314 g/mol. The molecule has 0 spiro atoms. The molecule has 4 nitrogen and oxygen atoms in total. The molecule has 1 heterocycles. The Hall–Kier alpha value is 5.37. The van der Waals surface area contributed by atoms with Gasteiger partial charge in [0.15, 0.2) is 0 Å². The molecule has 9 heteroatoms. The summed E-state index contributed by atoms with van der Waals surface area (Å²) >= 11 is 2.09. The van der Waals surface area contributed by atoms with E-state index >= 15 is 0 Å². The van der Waals surface area contributed by atoms with Crippen molar-refractivity contribution in [2.75, 3.05) is 11.5 Å². The summed E-state index contributed by atoms with van der Waals surface area (Å²) in [5.41, 5.74) is 0. The van der Waals surface area contributed by atoms with Crippen molar-refractivity contribution in [3.05, 3.63) is 0 Å². The van der Waals surface area contributed by atoms with Crippen LogP contribution in [0.5, 0.6) is 0 Å². The largest absolute Gasteiger partial charge is 1.00 e. The molecule has 0 aromatic rings. The van der Waals surface area contributed by atoms with Gasteiger partial charge in [0.05, 0.1) is 0 Å². The van der Waals surface area contributed by atoms with Crippen LogP contribution < -0.4 is 169 Å². The summed E-state index contributed by atoms with van der Waals surface area (Å²) in [6, 6.07) is 0. The van der Waals surface area contributed by atoms with Gasteiger partial charge in [-0.3, -0.25) is 0 Å². The average Bonchev–Trinajstić information content (AvgIpc) is 1.88. The molecular weight excluding hydrogens is 304 g/mol. The first-order valence-electron chi connectivity index (χ1n) is 3.31. The minimum atomic E-state index is -5.39. The molecule has 0 bridgehead atoms. The number of phosphoric acid groups is 1. The Morgan fingerprint density at radius 2 is 1.14 bits per heavy atom. The fourth-order valence-corrected chi connectivity index (χ4v) is 1.71. The molecule has 0 amide bonds. The van der Waals surface area contributed by atoms with Crippen LogP contribution in [-0.4, -0.2) is 11.5 Å². The van der Waals surface area contributed by atoms with Crippen molar-refractivity contribution >= 4 is 19.6 Å². The van der Waals surface area contributed by atoms with E-state index in [0.29, 0.717) is 0 Å². The molecule has 1 aliphatic heterocycles. The van der Waals surface area contributed by atoms with Crippen LogP contribution in [0.4, 0.5) is 0 Å². The van der Waals surface area contributed by atoms with Gasteiger partial charge in [-0.25, -0.2) is 0 Å². The van der Waals surface area contributed by atoms with Crippen molar-refractivity contribution < 1.29 is 173 Å². The number of hydrogen-bond donors (Lipinski definition) is 0. The topological polar surface area (TPSA) is 86.2 Å². The second-order valence-electron chi connectivity index (χ2n) is 2.12. The van der Waals surface area contributed by atoms with E-state index in [1.807, 2.05) is 0 Å². The van der Waals surface area contributed by atoms with Crippen LogP contribution in [0, 0.1) is 0 Å². The molecule has 68 valence electrons. The van der Waals surface area contributed by atoms with E-state index in [1.54, 1.807) is 0 Å². The van der Waals surface area contributed by atoms with Crippen molar-refractivity contribution in [2.24, 2.45) is 0 Å². The number of rotatable bonds is 0. The van der Waals surface area contributed by atoms with E-state index in [1.165, 1.54) is 30.8 Å². The maximum atomic E-state index is 8.55. The van der Waals surface area contributed by atoms with Gasteiger partial charge in [0, 0.05) is 0 Å². The maximum absolute atomic E-state index is 8.55. The molecule has 1 aliphatic rings. The van der Waals surface area contributed by atoms with E-state index in [2.05, 4.69) is 11.8 Å². The standard InChI is InChI=1S/C5H10S.3K.H3O4P/c1-2-4-6-5-3-1;;;;1-5(2,3)4/h1-5H2;;;;(H3,1,2,3,4)/q;3*+1;/p-3. The van der Waals surface area contributed by atoms with Crippen LogP contribution in [0.1, 0.15) is 19.3 Å². The smallest absolute Gasteiger partial charge is 0.822 e. The summed E-state index contributed by atoms with van der Waals surface area (Å²) in [5.74, 6) is 2.83. The summed E-state index contributed by atoms with van der Waals surface area (Å²) in [4.78, 5) is 25.6. The minimum absolute atomic E-state index is 0. The first-order valence-corrected chi connectivity index (χ1v) is 5.92. The van der Waals surface area contributed by atoms with Crippen molar-refractivity contribution in [3.8, 4) is 0 Å². The summed E-state index contributed by atoms with van der Waals surface area (Å²) in [7, 11) is -5.39. The normalized spacial score (nSPS) is 14.5. The zero-order valence-electron chi connectivity index (χ0n) is 9.02. The Labute approximate surface area is 217 Å². The van der Waals surface area contributed by atoms with Crippen molar-refractivity contribution in [3.63, 3.8) is 0 Å². The first-order chi connectivity index (χ1) is 5.00. The van der Waals surface area contributed by atoms with Gasteiger partial charge < -0.3 is 19.2 Å². The molecule has 0 N–H and O–H groups in total. The van der Waals surface area contributed by atoms with E-state index in [9.17, 15) is 0 Å². The van der Waals surface area contributed by atoms with Gasteiger partial charge in [-0.2, -0.15) is 19.6 Å². The van der Waals surface area contributed by atoms with Gasteiger partial charge in [-0.15, -0.1) is 0 Å². The molecule has 0 aromatic carbocycles. The van der Waals surface area contributed by atoms with Crippen LogP contribution in [-0.2, 0) is 4.57 Å². The first kappa shape index (κ1) is 27.7. The van der Waals surface area contributed by atoms with Crippen LogP contribution in [0.2, 0.25) is 0 Å². The summed E-state index contributed by atoms with van der Waals surface area (Å²) in [5, 5.41) is 0. The molecule has 1 fully saturated rings. The summed E-state index contributed by atoms with van der Waals surface area (Å²) in [6.07, 6.45) is 4.41. The molecular formula is C5H10K3O4PS. The molecule has 1 saturated heterocycles. The van der Waals surface area contributed by atoms with Crippen LogP contribution in [0.25, 0.3) is 0 Å². The Bertz CT molecular complexity index is 121. The van der Waals surface area contributed by atoms with Gasteiger partial charge in [0.1, 0.15) is 0 Å². The van der Waals surface area contributed by atoms with E-state index < -0.39 is 7.82 Å². The number of hydrogen-bond acceptors (Lipinski definition) is 5. The minimum Gasteiger partial charge on any atom is -0.822 e. The van der Waals surface area contributed by atoms with Gasteiger partial charge in [-0.05, 0) is 24.3 Å². The summed E-state index contributed by atoms with van der Waals surface area (Å²) in [6.45, 7) is 0. The van der Waals surface area contributed by atoms with Crippen molar-refractivity contribution in [2.45, 2.75) is 19.3 Å². The van der Waals surface area contributed by atoms with Gasteiger partial charge in [0.2, 0.25) is 0 Å². The second kappa shape index (κ2) is 18.4. The Morgan fingerprint density at radius 3 is 1.21 bits per heavy atom. The molecule has 0 unspecified atom stereocenters. The molecule has 0 aromatic heterocycles. The SMILES string of the molecule is C1CCSCC1.O=P([O-])([O-])[O-].[K+].[K+].[K+]. The van der Waals surface area contributed by atoms with Crippen molar-refractivity contribution in [1.82, 2.24) is 0 Å². The maximum Gasteiger partial charge on any atom is 1.00 e. The second-order valence-corrected chi connectivity index (χ2v) is 4.24. The predicted octanol–water partition coefficient (Wildman–Crippen LogP) is -9.91. The van der Waals surface area contributed by atoms with Crippen LogP contribution in [0.15, 0.2) is 0 Å². The summed E-state index contributed by atoms with van der Waals surface area (Å²) < 4.78 is 8.55. The third-order valence-electron chi connectivity index (χ3n) is 1.08. The fraction of sp³-hybridized carbons (Fsp3) is 1.00. The number of thioether (sulfide) groups is 1. The van der Waals surface area contributed by atoms with E-state index in [0.717, 1.165) is 0 Å². The van der Waals surface area contributed by atoms with Gasteiger partial charge in [-0.1, -0.05) is 6.42 Å². The van der Waals surface area contributed by atoms with Gasteiger partial charge in [0.25, 0.3) is 0 Å². The van der Waals surface area contributed by atoms with Gasteiger partial charge >= 0.3 is 154 Å². The van der Waals surface area contributed by atoms with E-state index in [4.69, 9.17) is 19.2 Å².